The maximum Gasteiger partial charge on any atom is 0.404 e. The zero-order valence-corrected chi connectivity index (χ0v) is 20.8. The number of nitrogens with two attached hydrogens (primary N) is 1. The molecule has 3 N–H and O–H groups in total. The number of fused-ring (bicyclic) bond motifs is 2. The van der Waals surface area contributed by atoms with Crippen molar-refractivity contribution in [1.29, 1.82) is 0 Å². The van der Waals surface area contributed by atoms with E-state index in [9.17, 15) is 9.00 Å². The van der Waals surface area contributed by atoms with Gasteiger partial charge in [-0.3, -0.25) is 4.21 Å². The van der Waals surface area contributed by atoms with Crippen molar-refractivity contribution in [1.82, 2.24) is 15.0 Å². The third kappa shape index (κ3) is 4.27. The zero-order valence-electron chi connectivity index (χ0n) is 19.2. The second-order valence-corrected chi connectivity index (χ2v) is 11.8. The first-order valence-corrected chi connectivity index (χ1v) is 13.9. The quantitative estimate of drug-likeness (QED) is 0.517. The van der Waals surface area contributed by atoms with Crippen LogP contribution in [0.3, 0.4) is 0 Å². The summed E-state index contributed by atoms with van der Waals surface area (Å²) in [6.07, 6.45) is 5.61. The number of para-hydroxylation sites is 1. The minimum Gasteiger partial charge on any atom is -0.447 e. The molecule has 3 aliphatic rings. The van der Waals surface area contributed by atoms with Gasteiger partial charge in [-0.25, -0.2) is 14.8 Å². The lowest BCUT2D eigenvalue weighted by Crippen LogP contribution is -2.50. The van der Waals surface area contributed by atoms with Gasteiger partial charge in [0.2, 0.25) is 5.95 Å². The molecule has 1 aliphatic carbocycles. The Morgan fingerprint density at radius 3 is 2.80 bits per heavy atom. The van der Waals surface area contributed by atoms with Gasteiger partial charge in [-0.15, -0.1) is 11.3 Å². The van der Waals surface area contributed by atoms with Crippen LogP contribution in [0.1, 0.15) is 36.4 Å². The highest BCUT2D eigenvalue weighted by Crippen LogP contribution is 2.39. The molecule has 182 valence electrons. The number of carbonyl (C=O) groups excluding carboxylic acids is 1. The number of hydrogen-bond donors (Lipinski definition) is 2. The van der Waals surface area contributed by atoms with E-state index in [2.05, 4.69) is 22.4 Å². The smallest absolute Gasteiger partial charge is 0.404 e. The second kappa shape index (κ2) is 8.87. The molecule has 0 saturated heterocycles. The van der Waals surface area contributed by atoms with E-state index in [0.29, 0.717) is 35.4 Å². The van der Waals surface area contributed by atoms with Gasteiger partial charge in [0.15, 0.2) is 0 Å². The minimum absolute atomic E-state index is 0.168. The first-order valence-electron chi connectivity index (χ1n) is 11.8. The van der Waals surface area contributed by atoms with Gasteiger partial charge in [-0.1, -0.05) is 18.2 Å². The summed E-state index contributed by atoms with van der Waals surface area (Å²) in [6.45, 7) is 1.63. The van der Waals surface area contributed by atoms with Crippen LogP contribution in [0.4, 0.5) is 16.6 Å². The van der Waals surface area contributed by atoms with Crippen molar-refractivity contribution >= 4 is 55.8 Å². The first-order chi connectivity index (χ1) is 17.0. The van der Waals surface area contributed by atoms with Gasteiger partial charge in [0.1, 0.15) is 22.3 Å². The average Bonchev–Trinajstić information content (AvgIpc) is 3.44. The summed E-state index contributed by atoms with van der Waals surface area (Å²) in [6, 6.07) is 8.21. The highest BCUT2D eigenvalue weighted by Gasteiger charge is 2.40. The van der Waals surface area contributed by atoms with Gasteiger partial charge in [-0.05, 0) is 43.4 Å². The number of carbonyl (C=O) groups is 1. The molecule has 1 atom stereocenters. The van der Waals surface area contributed by atoms with Crippen molar-refractivity contribution in [3.63, 3.8) is 0 Å². The normalized spacial score (nSPS) is 20.7. The minimum atomic E-state index is -1.14. The molecule has 0 spiro atoms. The summed E-state index contributed by atoms with van der Waals surface area (Å²) in [4.78, 5) is 28.5. The van der Waals surface area contributed by atoms with Gasteiger partial charge in [0, 0.05) is 25.3 Å². The molecule has 4 heterocycles. The number of aryl methyl sites for hydroxylation is 1. The van der Waals surface area contributed by atoms with Crippen molar-refractivity contribution in [2.24, 2.45) is 5.73 Å². The summed E-state index contributed by atoms with van der Waals surface area (Å²) in [7, 11) is -1.14. The van der Waals surface area contributed by atoms with Crippen LogP contribution in [0.15, 0.2) is 35.2 Å². The van der Waals surface area contributed by atoms with E-state index in [0.717, 1.165) is 48.4 Å². The van der Waals surface area contributed by atoms with Crippen molar-refractivity contribution in [2.45, 2.75) is 42.5 Å². The Kier molecular flexibility index (Phi) is 5.68. The third-order valence-electron chi connectivity index (χ3n) is 6.92. The van der Waals surface area contributed by atoms with Crippen LogP contribution in [0, 0.1) is 0 Å². The van der Waals surface area contributed by atoms with E-state index >= 15 is 0 Å². The molecule has 2 aromatic heterocycles. The van der Waals surface area contributed by atoms with Gasteiger partial charge in [-0.2, -0.15) is 4.98 Å². The fraction of sp³-hybridized carbons (Fsp3) is 0.417. The Balaban J connectivity index is 1.26. The molecule has 3 aromatic rings. The number of nitrogens with one attached hydrogen (secondary N) is 1. The Morgan fingerprint density at radius 1 is 1.23 bits per heavy atom. The van der Waals surface area contributed by atoms with Crippen molar-refractivity contribution in [3.8, 4) is 0 Å². The molecule has 11 heteroatoms. The molecule has 0 unspecified atom stereocenters. The molecule has 1 aromatic carbocycles. The number of rotatable bonds is 6. The van der Waals surface area contributed by atoms with E-state index < -0.39 is 22.4 Å². The maximum atomic E-state index is 12.8. The Labute approximate surface area is 209 Å². The van der Waals surface area contributed by atoms with Crippen LogP contribution < -0.4 is 16.0 Å². The lowest BCUT2D eigenvalue weighted by molar-refractivity contribution is 0.101. The van der Waals surface area contributed by atoms with Crippen LogP contribution >= 0.6 is 11.3 Å². The molecule has 1 amide bonds. The second-order valence-electron chi connectivity index (χ2n) is 9.23. The van der Waals surface area contributed by atoms with Crippen LogP contribution in [0.2, 0.25) is 0 Å². The fourth-order valence-electron chi connectivity index (χ4n) is 4.83. The zero-order chi connectivity index (χ0) is 24.0. The predicted molar refractivity (Wildman–Crippen MR) is 137 cm³/mol. The molecule has 2 aliphatic heterocycles. The predicted octanol–water partition coefficient (Wildman–Crippen LogP) is 3.47. The van der Waals surface area contributed by atoms with Gasteiger partial charge >= 0.3 is 6.09 Å². The molecule has 1 fully saturated rings. The Hall–Kier alpha value is -3.05. The molecule has 0 bridgehead atoms. The molecular weight excluding hydrogens is 484 g/mol. The topological polar surface area (TPSA) is 123 Å². The summed E-state index contributed by atoms with van der Waals surface area (Å²) >= 11 is 1.72. The largest absolute Gasteiger partial charge is 0.447 e. The van der Waals surface area contributed by atoms with E-state index in [1.54, 1.807) is 11.3 Å². The number of primary amides is 1. The lowest BCUT2D eigenvalue weighted by atomic mass is 9.77. The third-order valence-corrected chi connectivity index (χ3v) is 9.49. The first kappa shape index (κ1) is 22.4. The number of aromatic nitrogens is 3. The highest BCUT2D eigenvalue weighted by molar-refractivity contribution is 7.85. The molecule has 1 saturated carbocycles. The van der Waals surface area contributed by atoms with E-state index in [1.165, 1.54) is 10.3 Å². The van der Waals surface area contributed by atoms with Gasteiger partial charge < -0.3 is 20.7 Å². The number of ether oxygens (including phenoxy) is 1. The monoisotopic (exact) mass is 510 g/mol. The Bertz CT molecular complexity index is 1330. The average molecular weight is 511 g/mol. The number of benzene rings is 1. The lowest BCUT2D eigenvalue weighted by Gasteiger charge is -2.42. The summed E-state index contributed by atoms with van der Waals surface area (Å²) in [5, 5.41) is 4.55. The van der Waals surface area contributed by atoms with Crippen LogP contribution in [-0.4, -0.2) is 56.2 Å². The highest BCUT2D eigenvalue weighted by atomic mass is 32.2. The van der Waals surface area contributed by atoms with Crippen molar-refractivity contribution < 1.29 is 13.7 Å². The van der Waals surface area contributed by atoms with Gasteiger partial charge in [0.05, 0.1) is 32.2 Å². The molecule has 35 heavy (non-hydrogen) atoms. The molecular formula is C24H26N6O3S2. The number of hydrogen-bond acceptors (Lipinski definition) is 9. The van der Waals surface area contributed by atoms with Crippen LogP contribution in [0.25, 0.3) is 15.8 Å². The SMILES string of the molecule is NC(=O)OCC1(Nc2nc(N3CC=C(c4nc5ccccc5s4)CC3)nc3c2[S@@](=O)CC3)CCC1. The van der Waals surface area contributed by atoms with E-state index in [-0.39, 0.29) is 6.61 Å². The van der Waals surface area contributed by atoms with Crippen LogP contribution in [0.5, 0.6) is 0 Å². The van der Waals surface area contributed by atoms with E-state index in [4.69, 9.17) is 25.4 Å². The Morgan fingerprint density at radius 2 is 2.09 bits per heavy atom. The summed E-state index contributed by atoms with van der Waals surface area (Å²) < 4.78 is 19.1. The fourth-order valence-corrected chi connectivity index (χ4v) is 7.17. The summed E-state index contributed by atoms with van der Waals surface area (Å²) in [5.41, 5.74) is 7.89. The molecule has 0 radical (unpaired) electrons. The van der Waals surface area contributed by atoms with Crippen molar-refractivity contribution in [2.75, 3.05) is 35.7 Å². The summed E-state index contributed by atoms with van der Waals surface area (Å²) in [5.74, 6) is 1.78. The number of anilines is 2. The molecule has 9 nitrogen and oxygen atoms in total. The molecule has 6 rings (SSSR count). The number of thiazole rings is 1. The van der Waals surface area contributed by atoms with Gasteiger partial charge in [0.25, 0.3) is 0 Å². The number of nitrogens with zero attached hydrogens (tertiary/aromatic N) is 4. The standard InChI is InChI=1S/C24H26N6O3S2/c25-22(31)33-14-24(9-3-10-24)29-20-19-17(8-13-35(19)32)27-23(28-20)30-11-6-15(7-12-30)21-26-16-4-1-2-5-18(16)34-21/h1-2,4-6H,3,7-14H2,(H2,25,31)(H,27,28,29)/t35-/m0/s1. The van der Waals surface area contributed by atoms with Crippen LogP contribution in [-0.2, 0) is 22.0 Å². The number of amides is 1. The maximum absolute atomic E-state index is 12.8. The van der Waals surface area contributed by atoms with Crippen molar-refractivity contribution in [3.05, 3.63) is 41.0 Å². The van der Waals surface area contributed by atoms with E-state index in [1.807, 2.05) is 18.2 Å².